The quantitative estimate of drug-likeness (QED) is 0.605. The standard InChI is InChI=1S/C12H13BrO2/c1-2-3-11-12(15-11)8-14-10-6-4-9(13)5-7-10/h2,4-7,11-12H,1,3,8H2. The van der Waals surface area contributed by atoms with E-state index in [0.29, 0.717) is 12.7 Å². The highest BCUT2D eigenvalue weighted by Crippen LogP contribution is 2.26. The van der Waals surface area contributed by atoms with Crippen molar-refractivity contribution in [2.75, 3.05) is 6.61 Å². The lowest BCUT2D eigenvalue weighted by molar-refractivity contribution is 0.260. The molecular weight excluding hydrogens is 256 g/mol. The third-order valence-electron chi connectivity index (χ3n) is 2.31. The van der Waals surface area contributed by atoms with Crippen LogP contribution in [0, 0.1) is 0 Å². The molecule has 0 spiro atoms. The van der Waals surface area contributed by atoms with Crippen molar-refractivity contribution >= 4 is 15.9 Å². The maximum atomic E-state index is 5.58. The molecule has 0 saturated carbocycles. The van der Waals surface area contributed by atoms with Crippen LogP contribution in [0.5, 0.6) is 5.75 Å². The van der Waals surface area contributed by atoms with Crippen molar-refractivity contribution in [1.29, 1.82) is 0 Å². The van der Waals surface area contributed by atoms with Crippen LogP contribution in [-0.4, -0.2) is 18.8 Å². The largest absolute Gasteiger partial charge is 0.491 e. The zero-order valence-corrected chi connectivity index (χ0v) is 9.94. The van der Waals surface area contributed by atoms with Gasteiger partial charge in [-0.25, -0.2) is 0 Å². The van der Waals surface area contributed by atoms with Gasteiger partial charge in [-0.15, -0.1) is 6.58 Å². The van der Waals surface area contributed by atoms with E-state index in [1.807, 2.05) is 30.3 Å². The highest BCUT2D eigenvalue weighted by molar-refractivity contribution is 9.10. The van der Waals surface area contributed by atoms with Gasteiger partial charge in [-0.1, -0.05) is 22.0 Å². The monoisotopic (exact) mass is 268 g/mol. The molecule has 0 aromatic heterocycles. The second-order valence-corrected chi connectivity index (χ2v) is 4.42. The molecule has 0 amide bonds. The summed E-state index contributed by atoms with van der Waals surface area (Å²) in [6, 6.07) is 7.80. The molecule has 1 aliphatic heterocycles. The van der Waals surface area contributed by atoms with Gasteiger partial charge in [-0.3, -0.25) is 0 Å². The van der Waals surface area contributed by atoms with Gasteiger partial charge >= 0.3 is 0 Å². The van der Waals surface area contributed by atoms with Crippen molar-refractivity contribution in [2.45, 2.75) is 18.6 Å². The molecule has 2 atom stereocenters. The van der Waals surface area contributed by atoms with Crippen LogP contribution in [0.4, 0.5) is 0 Å². The fraction of sp³-hybridized carbons (Fsp3) is 0.333. The van der Waals surface area contributed by atoms with E-state index in [4.69, 9.17) is 9.47 Å². The Labute approximate surface area is 98.0 Å². The van der Waals surface area contributed by atoms with E-state index in [-0.39, 0.29) is 6.10 Å². The first-order chi connectivity index (χ1) is 7.29. The first-order valence-electron chi connectivity index (χ1n) is 4.94. The normalized spacial score (nSPS) is 23.5. The topological polar surface area (TPSA) is 21.8 Å². The van der Waals surface area contributed by atoms with Crippen molar-refractivity contribution in [1.82, 2.24) is 0 Å². The first-order valence-corrected chi connectivity index (χ1v) is 5.73. The van der Waals surface area contributed by atoms with Gasteiger partial charge in [0.2, 0.25) is 0 Å². The number of hydrogen-bond donors (Lipinski definition) is 0. The number of halogens is 1. The number of benzene rings is 1. The zero-order valence-electron chi connectivity index (χ0n) is 8.36. The van der Waals surface area contributed by atoms with Crippen LogP contribution < -0.4 is 4.74 Å². The van der Waals surface area contributed by atoms with E-state index in [2.05, 4.69) is 22.5 Å². The number of ether oxygens (including phenoxy) is 2. The van der Waals surface area contributed by atoms with E-state index < -0.39 is 0 Å². The zero-order chi connectivity index (χ0) is 10.7. The summed E-state index contributed by atoms with van der Waals surface area (Å²) in [5.74, 6) is 0.881. The van der Waals surface area contributed by atoms with Crippen molar-refractivity contribution in [3.63, 3.8) is 0 Å². The molecule has 2 unspecified atom stereocenters. The summed E-state index contributed by atoms with van der Waals surface area (Å²) in [5.41, 5.74) is 0. The summed E-state index contributed by atoms with van der Waals surface area (Å²) >= 11 is 3.38. The lowest BCUT2D eigenvalue weighted by Crippen LogP contribution is -2.07. The van der Waals surface area contributed by atoms with Crippen molar-refractivity contribution in [3.8, 4) is 5.75 Å². The highest BCUT2D eigenvalue weighted by atomic mass is 79.9. The van der Waals surface area contributed by atoms with Gasteiger partial charge in [0.15, 0.2) is 0 Å². The van der Waals surface area contributed by atoms with Gasteiger partial charge in [-0.2, -0.15) is 0 Å². The summed E-state index contributed by atoms with van der Waals surface area (Å²) in [4.78, 5) is 0. The molecule has 0 N–H and O–H groups in total. The molecule has 0 bridgehead atoms. The third kappa shape index (κ3) is 3.08. The smallest absolute Gasteiger partial charge is 0.119 e. The average Bonchev–Trinajstić information content (AvgIpc) is 2.97. The predicted octanol–water partition coefficient (Wildman–Crippen LogP) is 3.17. The third-order valence-corrected chi connectivity index (χ3v) is 2.84. The van der Waals surface area contributed by atoms with Gasteiger partial charge in [-0.05, 0) is 30.7 Å². The maximum absolute atomic E-state index is 5.58. The minimum absolute atomic E-state index is 0.242. The molecule has 1 aromatic carbocycles. The summed E-state index contributed by atoms with van der Waals surface area (Å²) < 4.78 is 12.0. The SMILES string of the molecule is C=CCC1OC1COc1ccc(Br)cc1. The molecule has 1 aromatic rings. The van der Waals surface area contributed by atoms with Gasteiger partial charge in [0, 0.05) is 4.47 Å². The number of epoxide rings is 1. The Bertz CT molecular complexity index is 334. The van der Waals surface area contributed by atoms with Gasteiger partial charge in [0.25, 0.3) is 0 Å². The van der Waals surface area contributed by atoms with Crippen LogP contribution >= 0.6 is 15.9 Å². The number of hydrogen-bond acceptors (Lipinski definition) is 2. The van der Waals surface area contributed by atoms with Crippen LogP contribution in [0.1, 0.15) is 6.42 Å². The van der Waals surface area contributed by atoms with Crippen LogP contribution in [-0.2, 0) is 4.74 Å². The molecule has 1 heterocycles. The summed E-state index contributed by atoms with van der Waals surface area (Å²) in [6.45, 7) is 4.30. The van der Waals surface area contributed by atoms with E-state index >= 15 is 0 Å². The molecule has 15 heavy (non-hydrogen) atoms. The summed E-state index contributed by atoms with van der Waals surface area (Å²) in [5, 5.41) is 0. The fourth-order valence-electron chi connectivity index (χ4n) is 1.41. The first kappa shape index (κ1) is 10.7. The van der Waals surface area contributed by atoms with Crippen LogP contribution in [0.2, 0.25) is 0 Å². The molecule has 1 aliphatic rings. The van der Waals surface area contributed by atoms with E-state index in [1.54, 1.807) is 0 Å². The fourth-order valence-corrected chi connectivity index (χ4v) is 1.67. The average molecular weight is 269 g/mol. The molecule has 80 valence electrons. The number of rotatable bonds is 5. The van der Waals surface area contributed by atoms with Crippen LogP contribution in [0.25, 0.3) is 0 Å². The molecule has 3 heteroatoms. The minimum Gasteiger partial charge on any atom is -0.491 e. The second-order valence-electron chi connectivity index (χ2n) is 3.50. The molecular formula is C12H13BrO2. The van der Waals surface area contributed by atoms with Crippen molar-refractivity contribution in [2.24, 2.45) is 0 Å². The van der Waals surface area contributed by atoms with E-state index in [1.165, 1.54) is 0 Å². The lowest BCUT2D eigenvalue weighted by Gasteiger charge is -2.03. The molecule has 0 radical (unpaired) electrons. The minimum atomic E-state index is 0.242. The van der Waals surface area contributed by atoms with Gasteiger partial charge in [0.1, 0.15) is 18.5 Å². The Morgan fingerprint density at radius 2 is 2.07 bits per heavy atom. The lowest BCUT2D eigenvalue weighted by atomic mass is 10.2. The summed E-state index contributed by atoms with van der Waals surface area (Å²) in [7, 11) is 0. The van der Waals surface area contributed by atoms with E-state index in [9.17, 15) is 0 Å². The molecule has 0 aliphatic carbocycles. The molecule has 2 nitrogen and oxygen atoms in total. The van der Waals surface area contributed by atoms with Crippen molar-refractivity contribution in [3.05, 3.63) is 41.4 Å². The molecule has 1 fully saturated rings. The van der Waals surface area contributed by atoms with Crippen LogP contribution in [0.3, 0.4) is 0 Å². The van der Waals surface area contributed by atoms with Gasteiger partial charge in [0.05, 0.1) is 6.10 Å². The van der Waals surface area contributed by atoms with Crippen molar-refractivity contribution < 1.29 is 9.47 Å². The summed E-state index contributed by atoms with van der Waals surface area (Å²) in [6.07, 6.45) is 3.35. The Kier molecular flexibility index (Phi) is 3.44. The molecule has 2 rings (SSSR count). The Balaban J connectivity index is 1.75. The Morgan fingerprint density at radius 3 is 2.73 bits per heavy atom. The maximum Gasteiger partial charge on any atom is 0.119 e. The Hall–Kier alpha value is -0.800. The highest BCUT2D eigenvalue weighted by Gasteiger charge is 2.37. The van der Waals surface area contributed by atoms with Gasteiger partial charge < -0.3 is 9.47 Å². The predicted molar refractivity (Wildman–Crippen MR) is 63.1 cm³/mol. The Morgan fingerprint density at radius 1 is 1.33 bits per heavy atom. The van der Waals surface area contributed by atoms with Crippen LogP contribution in [0.15, 0.2) is 41.4 Å². The van der Waals surface area contributed by atoms with E-state index in [0.717, 1.165) is 16.6 Å². The molecule has 1 saturated heterocycles. The second kappa shape index (κ2) is 4.81.